The molecular formula is C13H13N3O2. The van der Waals surface area contributed by atoms with Gasteiger partial charge in [0.2, 0.25) is 5.88 Å². The predicted molar refractivity (Wildman–Crippen MR) is 68.8 cm³/mol. The molecule has 0 fully saturated rings. The van der Waals surface area contributed by atoms with E-state index in [2.05, 4.69) is 15.3 Å². The lowest BCUT2D eigenvalue weighted by molar-refractivity contribution is 0.452. The van der Waals surface area contributed by atoms with Crippen molar-refractivity contribution >= 4 is 5.69 Å². The first-order valence-corrected chi connectivity index (χ1v) is 5.90. The average molecular weight is 243 g/mol. The molecule has 0 atom stereocenters. The molecule has 0 spiro atoms. The van der Waals surface area contributed by atoms with Crippen LogP contribution in [0.25, 0.3) is 11.4 Å². The van der Waals surface area contributed by atoms with E-state index in [1.807, 2.05) is 18.2 Å². The summed E-state index contributed by atoms with van der Waals surface area (Å²) in [5, 5.41) is 12.7. The average Bonchev–Trinajstić information content (AvgIpc) is 2.37. The summed E-state index contributed by atoms with van der Waals surface area (Å²) in [5.41, 5.74) is 2.80. The molecule has 18 heavy (non-hydrogen) atoms. The van der Waals surface area contributed by atoms with Gasteiger partial charge in [0.05, 0.1) is 6.07 Å². The number of hydrogen-bond donors (Lipinski definition) is 3. The standard InChI is InChI=1S/C13H13N3O2/c17-11-7-12(18)16-13(15-11)9-3-4-10-8(6-9)2-1-5-14-10/h3-4,6-7,14H,1-2,5H2,(H2,15,16,17,18). The summed E-state index contributed by atoms with van der Waals surface area (Å²) in [6.07, 6.45) is 2.11. The molecule has 3 N–H and O–H groups in total. The fourth-order valence-electron chi connectivity index (χ4n) is 2.20. The van der Waals surface area contributed by atoms with Crippen LogP contribution in [0, 0.1) is 0 Å². The van der Waals surface area contributed by atoms with Gasteiger partial charge in [-0.05, 0) is 36.6 Å². The molecule has 1 aliphatic heterocycles. The number of aromatic nitrogens is 2. The van der Waals surface area contributed by atoms with E-state index < -0.39 is 0 Å². The van der Waals surface area contributed by atoms with Gasteiger partial charge in [0.1, 0.15) is 5.82 Å². The van der Waals surface area contributed by atoms with Crippen LogP contribution in [0.3, 0.4) is 0 Å². The Morgan fingerprint density at radius 3 is 3.00 bits per heavy atom. The van der Waals surface area contributed by atoms with Crippen molar-refractivity contribution in [1.29, 1.82) is 0 Å². The molecule has 0 bridgehead atoms. The Labute approximate surface area is 104 Å². The summed E-state index contributed by atoms with van der Waals surface area (Å²) in [5.74, 6) is 0.137. The molecule has 3 rings (SSSR count). The maximum absolute atomic E-state index is 11.3. The van der Waals surface area contributed by atoms with Crippen LogP contribution in [-0.4, -0.2) is 21.6 Å². The van der Waals surface area contributed by atoms with Gasteiger partial charge in [-0.25, -0.2) is 0 Å². The van der Waals surface area contributed by atoms with E-state index in [0.717, 1.165) is 36.7 Å². The minimum absolute atomic E-state index is 0.260. The number of hydrogen-bond acceptors (Lipinski definition) is 4. The Kier molecular flexibility index (Phi) is 2.51. The number of rotatable bonds is 1. The lowest BCUT2D eigenvalue weighted by Gasteiger charge is -2.18. The summed E-state index contributed by atoms with van der Waals surface area (Å²) in [7, 11) is 0. The molecule has 0 unspecified atom stereocenters. The van der Waals surface area contributed by atoms with Crippen LogP contribution in [0.5, 0.6) is 5.88 Å². The van der Waals surface area contributed by atoms with Crippen molar-refractivity contribution < 1.29 is 5.11 Å². The van der Waals surface area contributed by atoms with E-state index >= 15 is 0 Å². The summed E-state index contributed by atoms with van der Waals surface area (Å²) in [6.45, 7) is 0.994. The molecule has 0 aliphatic carbocycles. The fourth-order valence-corrected chi connectivity index (χ4v) is 2.20. The smallest absolute Gasteiger partial charge is 0.254 e. The van der Waals surface area contributed by atoms with Gasteiger partial charge in [-0.2, -0.15) is 4.98 Å². The largest absolute Gasteiger partial charge is 0.493 e. The number of anilines is 1. The second kappa shape index (κ2) is 4.18. The summed E-state index contributed by atoms with van der Waals surface area (Å²) < 4.78 is 0. The van der Waals surface area contributed by atoms with Gasteiger partial charge >= 0.3 is 0 Å². The zero-order valence-electron chi connectivity index (χ0n) is 9.73. The van der Waals surface area contributed by atoms with E-state index in [-0.39, 0.29) is 11.4 Å². The van der Waals surface area contributed by atoms with Crippen LogP contribution in [0.1, 0.15) is 12.0 Å². The second-order valence-electron chi connectivity index (χ2n) is 4.35. The predicted octanol–water partition coefficient (Wildman–Crippen LogP) is 1.50. The molecule has 2 aromatic rings. The molecular weight excluding hydrogens is 230 g/mol. The number of fused-ring (bicyclic) bond motifs is 1. The molecule has 5 heteroatoms. The highest BCUT2D eigenvalue weighted by atomic mass is 16.3. The molecule has 0 saturated carbocycles. The lowest BCUT2D eigenvalue weighted by Crippen LogP contribution is -2.12. The third kappa shape index (κ3) is 1.95. The van der Waals surface area contributed by atoms with Crippen LogP contribution in [0.15, 0.2) is 29.1 Å². The van der Waals surface area contributed by atoms with Crippen molar-refractivity contribution in [1.82, 2.24) is 9.97 Å². The third-order valence-electron chi connectivity index (χ3n) is 3.05. The molecule has 0 saturated heterocycles. The first-order valence-electron chi connectivity index (χ1n) is 5.90. The Morgan fingerprint density at radius 2 is 2.17 bits per heavy atom. The van der Waals surface area contributed by atoms with Crippen molar-refractivity contribution in [3.63, 3.8) is 0 Å². The first kappa shape index (κ1) is 10.8. The molecule has 92 valence electrons. The highest BCUT2D eigenvalue weighted by molar-refractivity contribution is 5.64. The van der Waals surface area contributed by atoms with Gasteiger partial charge in [0, 0.05) is 17.8 Å². The third-order valence-corrected chi connectivity index (χ3v) is 3.05. The minimum Gasteiger partial charge on any atom is -0.493 e. The SMILES string of the molecule is O=c1cc(O)nc(-c2ccc3c(c2)CCCN3)[nH]1. The van der Waals surface area contributed by atoms with E-state index in [9.17, 15) is 9.90 Å². The molecule has 2 heterocycles. The van der Waals surface area contributed by atoms with Gasteiger partial charge < -0.3 is 15.4 Å². The Morgan fingerprint density at radius 1 is 1.28 bits per heavy atom. The second-order valence-corrected chi connectivity index (χ2v) is 4.35. The van der Waals surface area contributed by atoms with E-state index in [4.69, 9.17) is 0 Å². The Balaban J connectivity index is 2.08. The van der Waals surface area contributed by atoms with Gasteiger partial charge in [-0.1, -0.05) is 0 Å². The summed E-state index contributed by atoms with van der Waals surface area (Å²) in [4.78, 5) is 17.9. The monoisotopic (exact) mass is 243 g/mol. The topological polar surface area (TPSA) is 78.0 Å². The number of nitrogens with zero attached hydrogens (tertiary/aromatic N) is 1. The number of H-pyrrole nitrogens is 1. The zero-order valence-corrected chi connectivity index (χ0v) is 9.73. The van der Waals surface area contributed by atoms with Crippen molar-refractivity contribution in [2.24, 2.45) is 0 Å². The lowest BCUT2D eigenvalue weighted by atomic mass is 10.0. The van der Waals surface area contributed by atoms with Crippen molar-refractivity contribution in [3.8, 4) is 17.3 Å². The molecule has 1 aliphatic rings. The normalized spacial score (nSPS) is 13.8. The van der Waals surface area contributed by atoms with Crippen LogP contribution in [0.2, 0.25) is 0 Å². The summed E-state index contributed by atoms with van der Waals surface area (Å²) in [6, 6.07) is 6.92. The fraction of sp³-hybridized carbons (Fsp3) is 0.231. The van der Waals surface area contributed by atoms with Crippen LogP contribution in [-0.2, 0) is 6.42 Å². The Bertz CT molecular complexity index is 649. The van der Waals surface area contributed by atoms with Crippen molar-refractivity contribution in [2.45, 2.75) is 12.8 Å². The molecule has 0 radical (unpaired) electrons. The number of aromatic hydroxyl groups is 1. The van der Waals surface area contributed by atoms with Crippen LogP contribution < -0.4 is 10.9 Å². The molecule has 5 nitrogen and oxygen atoms in total. The summed E-state index contributed by atoms with van der Waals surface area (Å²) >= 11 is 0. The van der Waals surface area contributed by atoms with Gasteiger partial charge in [0.15, 0.2) is 0 Å². The molecule has 1 aromatic carbocycles. The Hall–Kier alpha value is -2.30. The number of aryl methyl sites for hydroxylation is 1. The molecule has 0 amide bonds. The van der Waals surface area contributed by atoms with E-state index in [1.54, 1.807) is 0 Å². The van der Waals surface area contributed by atoms with Gasteiger partial charge in [-0.3, -0.25) is 4.79 Å². The van der Waals surface area contributed by atoms with Crippen LogP contribution in [0.4, 0.5) is 5.69 Å². The number of aromatic amines is 1. The minimum atomic E-state index is -0.353. The zero-order chi connectivity index (χ0) is 12.5. The highest BCUT2D eigenvalue weighted by Gasteiger charge is 2.11. The quantitative estimate of drug-likeness (QED) is 0.709. The van der Waals surface area contributed by atoms with Crippen molar-refractivity contribution in [2.75, 3.05) is 11.9 Å². The van der Waals surface area contributed by atoms with E-state index in [0.29, 0.717) is 5.82 Å². The molecule has 1 aromatic heterocycles. The van der Waals surface area contributed by atoms with Gasteiger partial charge in [0.25, 0.3) is 5.56 Å². The van der Waals surface area contributed by atoms with Crippen molar-refractivity contribution in [3.05, 3.63) is 40.2 Å². The van der Waals surface area contributed by atoms with Gasteiger partial charge in [-0.15, -0.1) is 0 Å². The maximum Gasteiger partial charge on any atom is 0.254 e. The first-order chi connectivity index (χ1) is 8.72. The number of nitrogens with one attached hydrogen (secondary N) is 2. The number of benzene rings is 1. The van der Waals surface area contributed by atoms with Crippen LogP contribution >= 0.6 is 0 Å². The van der Waals surface area contributed by atoms with E-state index in [1.165, 1.54) is 5.56 Å². The highest BCUT2D eigenvalue weighted by Crippen LogP contribution is 2.26. The maximum atomic E-state index is 11.3.